The first-order chi connectivity index (χ1) is 14.3. The summed E-state index contributed by atoms with van der Waals surface area (Å²) in [6.45, 7) is 5.49. The molecule has 162 valence electrons. The molecule has 7 heteroatoms. The maximum atomic E-state index is 12.8. The predicted octanol–water partition coefficient (Wildman–Crippen LogP) is 2.94. The molecule has 30 heavy (non-hydrogen) atoms. The van der Waals surface area contributed by atoms with Crippen molar-refractivity contribution in [2.24, 2.45) is 11.8 Å². The van der Waals surface area contributed by atoms with E-state index in [1.165, 1.54) is 6.42 Å². The van der Waals surface area contributed by atoms with Gasteiger partial charge >= 0.3 is 5.97 Å². The molecule has 1 N–H and O–H groups in total. The molecule has 1 aliphatic heterocycles. The van der Waals surface area contributed by atoms with Crippen molar-refractivity contribution >= 4 is 23.7 Å². The highest BCUT2D eigenvalue weighted by Gasteiger charge is 2.43. The average Bonchev–Trinajstić information content (AvgIpc) is 2.97. The highest BCUT2D eigenvalue weighted by atomic mass is 16.5. The van der Waals surface area contributed by atoms with E-state index in [0.29, 0.717) is 5.92 Å². The van der Waals surface area contributed by atoms with Gasteiger partial charge in [-0.15, -0.1) is 0 Å². The van der Waals surface area contributed by atoms with E-state index in [1.807, 2.05) is 13.8 Å². The fourth-order valence-corrected chi connectivity index (χ4v) is 4.26. The van der Waals surface area contributed by atoms with Gasteiger partial charge in [0, 0.05) is 6.04 Å². The molecule has 2 aliphatic rings. The summed E-state index contributed by atoms with van der Waals surface area (Å²) in [5, 5.41) is 2.94. The van der Waals surface area contributed by atoms with E-state index in [2.05, 4.69) is 12.2 Å². The smallest absolute Gasteiger partial charge is 0.329 e. The summed E-state index contributed by atoms with van der Waals surface area (Å²) in [7, 11) is 0. The second kappa shape index (κ2) is 9.41. The highest BCUT2D eigenvalue weighted by Crippen LogP contribution is 2.27. The van der Waals surface area contributed by atoms with Crippen LogP contribution in [0.15, 0.2) is 24.3 Å². The Morgan fingerprint density at radius 3 is 2.27 bits per heavy atom. The number of esters is 1. The van der Waals surface area contributed by atoms with Crippen molar-refractivity contribution in [3.05, 3.63) is 35.4 Å². The van der Waals surface area contributed by atoms with Gasteiger partial charge in [0.25, 0.3) is 17.7 Å². The summed E-state index contributed by atoms with van der Waals surface area (Å²) in [5.74, 6) is -1.65. The lowest BCUT2D eigenvalue weighted by atomic mass is 9.86. The molecule has 1 aliphatic carbocycles. The van der Waals surface area contributed by atoms with E-state index in [-0.39, 0.29) is 35.4 Å². The van der Waals surface area contributed by atoms with E-state index in [4.69, 9.17) is 4.74 Å². The Hall–Kier alpha value is -2.70. The van der Waals surface area contributed by atoms with Gasteiger partial charge in [0.05, 0.1) is 11.1 Å². The zero-order chi connectivity index (χ0) is 21.8. The summed E-state index contributed by atoms with van der Waals surface area (Å²) < 4.78 is 5.25. The second-order valence-corrected chi connectivity index (χ2v) is 8.71. The molecule has 3 atom stereocenters. The Bertz CT molecular complexity index is 800. The first-order valence-electron chi connectivity index (χ1n) is 10.7. The minimum Gasteiger partial charge on any atom is -0.454 e. The Balaban J connectivity index is 1.65. The number of hydrogen-bond donors (Lipinski definition) is 1. The lowest BCUT2D eigenvalue weighted by Crippen LogP contribution is -2.48. The van der Waals surface area contributed by atoms with Crippen molar-refractivity contribution < 1.29 is 23.9 Å². The molecule has 3 amide bonds. The van der Waals surface area contributed by atoms with Crippen LogP contribution in [-0.4, -0.2) is 47.3 Å². The zero-order valence-electron chi connectivity index (χ0n) is 17.8. The van der Waals surface area contributed by atoms with Gasteiger partial charge in [-0.2, -0.15) is 0 Å². The topological polar surface area (TPSA) is 92.8 Å². The SMILES string of the molecule is CC(C)C[C@H](C(=O)OCC(=O)N[C@@H]1CCCC[C@@H]1C)N1C(=O)c2ccccc2C1=O. The predicted molar refractivity (Wildman–Crippen MR) is 111 cm³/mol. The first-order valence-corrected chi connectivity index (χ1v) is 10.7. The number of ether oxygens (including phenoxy) is 1. The minimum atomic E-state index is -1.06. The monoisotopic (exact) mass is 414 g/mol. The number of hydrogen-bond acceptors (Lipinski definition) is 5. The van der Waals surface area contributed by atoms with Gasteiger partial charge in [0.1, 0.15) is 6.04 Å². The maximum absolute atomic E-state index is 12.8. The summed E-state index contributed by atoms with van der Waals surface area (Å²) in [6, 6.07) is 5.55. The molecule has 1 fully saturated rings. The van der Waals surface area contributed by atoms with Crippen LogP contribution >= 0.6 is 0 Å². The van der Waals surface area contributed by atoms with Crippen molar-refractivity contribution in [2.45, 2.75) is 65.0 Å². The Morgan fingerprint density at radius 1 is 1.10 bits per heavy atom. The number of imide groups is 1. The molecular formula is C23H30N2O5. The van der Waals surface area contributed by atoms with Crippen LogP contribution in [0.1, 0.15) is 73.6 Å². The number of benzene rings is 1. The molecule has 1 heterocycles. The van der Waals surface area contributed by atoms with Crippen molar-refractivity contribution in [1.29, 1.82) is 0 Å². The number of amides is 3. The standard InChI is InChI=1S/C23H30N2O5/c1-14(2)12-19(25-21(27)16-9-5-6-10-17(16)22(25)28)23(29)30-13-20(26)24-18-11-7-4-8-15(18)3/h5-6,9-10,14-15,18-19H,4,7-8,11-13H2,1-3H3,(H,24,26)/t15-,18+,19+/m0/s1. The molecule has 0 spiro atoms. The number of carbonyl (C=O) groups excluding carboxylic acids is 4. The molecule has 1 aromatic rings. The van der Waals surface area contributed by atoms with Crippen molar-refractivity contribution in [3.63, 3.8) is 0 Å². The van der Waals surface area contributed by atoms with Crippen LogP contribution in [0.3, 0.4) is 0 Å². The fraction of sp³-hybridized carbons (Fsp3) is 0.565. The van der Waals surface area contributed by atoms with Gasteiger partial charge in [-0.05, 0) is 43.2 Å². The lowest BCUT2D eigenvalue weighted by molar-refractivity contribution is -0.153. The average molecular weight is 415 g/mol. The fourth-order valence-electron chi connectivity index (χ4n) is 4.26. The number of rotatable bonds is 7. The molecule has 0 unspecified atom stereocenters. The van der Waals surface area contributed by atoms with Crippen LogP contribution in [0, 0.1) is 11.8 Å². The number of nitrogens with one attached hydrogen (secondary N) is 1. The molecule has 0 saturated heterocycles. The van der Waals surface area contributed by atoms with Gasteiger partial charge in [0.2, 0.25) is 0 Å². The Labute approximate surface area is 177 Å². The molecule has 0 radical (unpaired) electrons. The molecular weight excluding hydrogens is 384 g/mol. The van der Waals surface area contributed by atoms with E-state index >= 15 is 0 Å². The second-order valence-electron chi connectivity index (χ2n) is 8.71. The molecule has 0 bridgehead atoms. The van der Waals surface area contributed by atoms with Gasteiger partial charge in [0.15, 0.2) is 6.61 Å². The largest absolute Gasteiger partial charge is 0.454 e. The van der Waals surface area contributed by atoms with Crippen LogP contribution < -0.4 is 5.32 Å². The van der Waals surface area contributed by atoms with Crippen molar-refractivity contribution in [3.8, 4) is 0 Å². The zero-order valence-corrected chi connectivity index (χ0v) is 17.8. The van der Waals surface area contributed by atoms with Crippen molar-refractivity contribution in [2.75, 3.05) is 6.61 Å². The van der Waals surface area contributed by atoms with E-state index < -0.39 is 30.4 Å². The highest BCUT2D eigenvalue weighted by molar-refractivity contribution is 6.22. The van der Waals surface area contributed by atoms with Crippen LogP contribution in [0.2, 0.25) is 0 Å². The van der Waals surface area contributed by atoms with Crippen LogP contribution in [0.5, 0.6) is 0 Å². The van der Waals surface area contributed by atoms with Crippen LogP contribution in [0.4, 0.5) is 0 Å². The van der Waals surface area contributed by atoms with Crippen molar-refractivity contribution in [1.82, 2.24) is 10.2 Å². The summed E-state index contributed by atoms with van der Waals surface area (Å²) >= 11 is 0. The Morgan fingerprint density at radius 2 is 1.70 bits per heavy atom. The Kier molecular flexibility index (Phi) is 6.90. The van der Waals surface area contributed by atoms with Crippen LogP contribution in [-0.2, 0) is 14.3 Å². The molecule has 1 aromatic carbocycles. The first kappa shape index (κ1) is 22.0. The lowest BCUT2D eigenvalue weighted by Gasteiger charge is -2.29. The summed E-state index contributed by atoms with van der Waals surface area (Å²) in [5.41, 5.74) is 0.571. The van der Waals surface area contributed by atoms with Crippen LogP contribution in [0.25, 0.3) is 0 Å². The summed E-state index contributed by atoms with van der Waals surface area (Å²) in [4.78, 5) is 51.7. The van der Waals surface area contributed by atoms with E-state index in [9.17, 15) is 19.2 Å². The van der Waals surface area contributed by atoms with Gasteiger partial charge in [-0.1, -0.05) is 45.7 Å². The quantitative estimate of drug-likeness (QED) is 0.547. The maximum Gasteiger partial charge on any atom is 0.329 e. The van der Waals surface area contributed by atoms with Gasteiger partial charge in [-0.25, -0.2) is 4.79 Å². The molecule has 0 aromatic heterocycles. The number of fused-ring (bicyclic) bond motifs is 1. The third-order valence-electron chi connectivity index (χ3n) is 5.91. The third-order valence-corrected chi connectivity index (χ3v) is 5.91. The van der Waals surface area contributed by atoms with E-state index in [0.717, 1.165) is 24.2 Å². The molecule has 7 nitrogen and oxygen atoms in total. The summed E-state index contributed by atoms with van der Waals surface area (Å²) in [6.07, 6.45) is 4.50. The minimum absolute atomic E-state index is 0.0452. The third kappa shape index (κ3) is 4.71. The number of nitrogens with zero attached hydrogens (tertiary/aromatic N) is 1. The van der Waals surface area contributed by atoms with Gasteiger partial charge < -0.3 is 10.1 Å². The van der Waals surface area contributed by atoms with Gasteiger partial charge in [-0.3, -0.25) is 19.3 Å². The number of carbonyl (C=O) groups is 4. The van der Waals surface area contributed by atoms with E-state index in [1.54, 1.807) is 24.3 Å². The normalized spacial score (nSPS) is 22.1. The molecule has 1 saturated carbocycles. The molecule has 3 rings (SSSR count).